The van der Waals surface area contributed by atoms with Crippen LogP contribution < -0.4 is 30.3 Å². The summed E-state index contributed by atoms with van der Waals surface area (Å²) in [5.74, 6) is -0.815. The maximum absolute atomic E-state index is 14.1. The molecular weight excluding hydrogens is 783 g/mol. The average molecular weight is 836 g/mol. The number of benzene rings is 2. The number of aromatic nitrogens is 3. The van der Waals surface area contributed by atoms with Gasteiger partial charge in [0.25, 0.3) is 5.91 Å². The summed E-state index contributed by atoms with van der Waals surface area (Å²) in [4.78, 5) is 62.0. The van der Waals surface area contributed by atoms with E-state index in [1.807, 2.05) is 39.8 Å². The number of nitrogens with zero attached hydrogens (tertiary/aromatic N) is 5. The SMILES string of the molecule is CCOc1cc(C#N)ccc1CNC(=O)[C@@H]1C[C@@H](O)CN1C(=O)[C@@H](NC(=O)COC1CCN(c2ccc(NC(=O)c3cccc(-c4ccn[nH]4)n3)c(OC)c2)CC1)C(C)(C)C. The molecule has 322 valence electrons. The fraction of sp³-hybridized carbons (Fsp3) is 0.432. The Hall–Kier alpha value is -6.51. The van der Waals surface area contributed by atoms with Gasteiger partial charge in [-0.25, -0.2) is 4.98 Å². The molecule has 6 rings (SSSR count). The van der Waals surface area contributed by atoms with Gasteiger partial charge in [-0.15, -0.1) is 0 Å². The van der Waals surface area contributed by atoms with Crippen molar-refractivity contribution in [2.24, 2.45) is 5.41 Å². The van der Waals surface area contributed by atoms with Crippen molar-refractivity contribution in [2.45, 2.75) is 77.8 Å². The van der Waals surface area contributed by atoms with E-state index in [-0.39, 0.29) is 43.8 Å². The number of pyridine rings is 1. The summed E-state index contributed by atoms with van der Waals surface area (Å²) in [5.41, 5.74) is 3.29. The number of piperidine rings is 1. The molecule has 17 heteroatoms. The number of methoxy groups -OCH3 is 1. The highest BCUT2D eigenvalue weighted by Gasteiger charge is 2.44. The number of aliphatic hydroxyl groups is 1. The minimum atomic E-state index is -1.000. The third kappa shape index (κ3) is 11.0. The molecule has 3 atom stereocenters. The van der Waals surface area contributed by atoms with Gasteiger partial charge in [0.15, 0.2) is 0 Å². The highest BCUT2D eigenvalue weighted by atomic mass is 16.5. The van der Waals surface area contributed by atoms with Gasteiger partial charge in [-0.2, -0.15) is 10.4 Å². The minimum Gasteiger partial charge on any atom is -0.494 e. The number of rotatable bonds is 15. The number of β-amino-alcohol motifs (C(OH)–C–C–N with tert-alkyl or cyclic N) is 1. The van der Waals surface area contributed by atoms with Gasteiger partial charge in [-0.1, -0.05) is 32.9 Å². The van der Waals surface area contributed by atoms with E-state index in [9.17, 15) is 29.5 Å². The number of aliphatic hydroxyl groups excluding tert-OH is 1. The summed E-state index contributed by atoms with van der Waals surface area (Å²) >= 11 is 0. The maximum Gasteiger partial charge on any atom is 0.274 e. The molecule has 0 radical (unpaired) electrons. The molecule has 0 bridgehead atoms. The first-order valence-electron chi connectivity index (χ1n) is 20.3. The molecule has 0 spiro atoms. The summed E-state index contributed by atoms with van der Waals surface area (Å²) in [5, 5.41) is 35.3. The first-order valence-corrected chi connectivity index (χ1v) is 20.3. The topological polar surface area (TPSA) is 224 Å². The molecule has 4 heterocycles. The fourth-order valence-corrected chi connectivity index (χ4v) is 7.43. The number of likely N-dealkylation sites (tertiary alicyclic amines) is 1. The van der Waals surface area contributed by atoms with Gasteiger partial charge >= 0.3 is 0 Å². The average Bonchev–Trinajstić information content (AvgIpc) is 3.95. The van der Waals surface area contributed by atoms with Crippen molar-refractivity contribution in [2.75, 3.05) is 50.2 Å². The molecule has 2 aromatic carbocycles. The zero-order chi connectivity index (χ0) is 43.7. The van der Waals surface area contributed by atoms with Gasteiger partial charge in [0.05, 0.1) is 54.6 Å². The maximum atomic E-state index is 14.1. The number of carbonyl (C=O) groups excluding carboxylic acids is 4. The number of anilines is 2. The van der Waals surface area contributed by atoms with Crippen molar-refractivity contribution in [3.05, 3.63) is 83.7 Å². The van der Waals surface area contributed by atoms with Crippen LogP contribution in [-0.4, -0.2) is 113 Å². The summed E-state index contributed by atoms with van der Waals surface area (Å²) < 4.78 is 17.3. The second-order valence-corrected chi connectivity index (χ2v) is 16.1. The lowest BCUT2D eigenvalue weighted by Gasteiger charge is -2.36. The molecule has 2 saturated heterocycles. The molecule has 2 aliphatic heterocycles. The molecule has 61 heavy (non-hydrogen) atoms. The lowest BCUT2D eigenvalue weighted by Crippen LogP contribution is -2.58. The molecule has 2 aromatic heterocycles. The van der Waals surface area contributed by atoms with E-state index >= 15 is 0 Å². The number of amides is 4. The van der Waals surface area contributed by atoms with Gasteiger partial charge in [0.1, 0.15) is 35.9 Å². The first-order chi connectivity index (χ1) is 29.3. The quantitative estimate of drug-likeness (QED) is 0.115. The Kier molecular flexibility index (Phi) is 14.2. The van der Waals surface area contributed by atoms with E-state index in [2.05, 4.69) is 42.1 Å². The lowest BCUT2D eigenvalue weighted by molar-refractivity contribution is -0.145. The third-order valence-corrected chi connectivity index (χ3v) is 10.7. The molecule has 17 nitrogen and oxygen atoms in total. The molecule has 4 aromatic rings. The van der Waals surface area contributed by atoms with Crippen molar-refractivity contribution < 1.29 is 38.5 Å². The molecule has 0 saturated carbocycles. The van der Waals surface area contributed by atoms with Crippen LogP contribution in [0.3, 0.4) is 0 Å². The van der Waals surface area contributed by atoms with Gasteiger partial charge in [0, 0.05) is 56.1 Å². The fourth-order valence-electron chi connectivity index (χ4n) is 7.43. The normalized spacial score (nSPS) is 17.3. The second kappa shape index (κ2) is 19.7. The lowest BCUT2D eigenvalue weighted by atomic mass is 9.85. The van der Waals surface area contributed by atoms with Crippen molar-refractivity contribution in [1.82, 2.24) is 30.7 Å². The van der Waals surface area contributed by atoms with E-state index in [0.717, 1.165) is 5.69 Å². The number of hydrogen-bond acceptors (Lipinski definition) is 12. The van der Waals surface area contributed by atoms with Crippen LogP contribution in [0.2, 0.25) is 0 Å². The number of ether oxygens (including phenoxy) is 3. The second-order valence-electron chi connectivity index (χ2n) is 16.1. The summed E-state index contributed by atoms with van der Waals surface area (Å²) in [6.07, 6.45) is 1.84. The van der Waals surface area contributed by atoms with Crippen LogP contribution in [0.4, 0.5) is 11.4 Å². The van der Waals surface area contributed by atoms with Crippen LogP contribution in [0.15, 0.2) is 66.9 Å². The van der Waals surface area contributed by atoms with Gasteiger partial charge in [0.2, 0.25) is 17.7 Å². The Labute approximate surface area is 354 Å². The standard InChI is InChI=1S/C44H53N9O8/c1-6-60-37-20-27(23-45)10-11-28(37)24-46-42(57)36-22-30(54)25-53(36)43(58)40(44(2,3)4)50-39(55)26-61-31-15-18-52(19-16-31)29-12-13-34(38(21-29)59-5)49-41(56)35-9-7-8-32(48-35)33-14-17-47-51-33/h7-14,17,20-21,30-31,36,40,54H,6,15-16,18-19,22,24-26H2,1-5H3,(H,46,57)(H,47,51)(H,49,56)(H,50,55)/t30-,36+,40-/m1/s1. The van der Waals surface area contributed by atoms with Crippen molar-refractivity contribution in [3.63, 3.8) is 0 Å². The number of nitrogens with one attached hydrogen (secondary N) is 4. The van der Waals surface area contributed by atoms with Crippen LogP contribution in [-0.2, 0) is 25.7 Å². The molecule has 2 fully saturated rings. The predicted molar refractivity (Wildman–Crippen MR) is 226 cm³/mol. The van der Waals surface area contributed by atoms with Crippen molar-refractivity contribution in [3.8, 4) is 29.0 Å². The molecule has 0 aliphatic carbocycles. The number of nitriles is 1. The number of H-pyrrole nitrogens is 1. The molecule has 0 unspecified atom stereocenters. The monoisotopic (exact) mass is 835 g/mol. The Balaban J connectivity index is 0.998. The summed E-state index contributed by atoms with van der Waals surface area (Å²) in [7, 11) is 1.54. The highest BCUT2D eigenvalue weighted by molar-refractivity contribution is 6.04. The minimum absolute atomic E-state index is 0.0455. The number of carbonyl (C=O) groups is 4. The van der Waals surface area contributed by atoms with Crippen LogP contribution in [0.25, 0.3) is 11.4 Å². The first kappa shape index (κ1) is 44.1. The van der Waals surface area contributed by atoms with Gasteiger partial charge in [-0.05, 0) is 67.6 Å². The summed E-state index contributed by atoms with van der Waals surface area (Å²) in [6, 6.07) is 17.6. The smallest absolute Gasteiger partial charge is 0.274 e. The van der Waals surface area contributed by atoms with Gasteiger partial charge in [-0.3, -0.25) is 24.3 Å². The Morgan fingerprint density at radius 3 is 2.52 bits per heavy atom. The van der Waals surface area contributed by atoms with E-state index in [1.54, 1.807) is 54.7 Å². The van der Waals surface area contributed by atoms with E-state index in [0.29, 0.717) is 72.2 Å². The Morgan fingerprint density at radius 2 is 1.84 bits per heavy atom. The predicted octanol–water partition coefficient (Wildman–Crippen LogP) is 3.80. The zero-order valence-corrected chi connectivity index (χ0v) is 35.1. The van der Waals surface area contributed by atoms with Crippen molar-refractivity contribution >= 4 is 35.0 Å². The zero-order valence-electron chi connectivity index (χ0n) is 35.1. The molecule has 2 aliphatic rings. The highest BCUT2D eigenvalue weighted by Crippen LogP contribution is 2.32. The number of aromatic amines is 1. The van der Waals surface area contributed by atoms with Gasteiger partial charge < -0.3 is 45.1 Å². The number of hydrogen-bond donors (Lipinski definition) is 5. The molecular formula is C44H53N9O8. The molecule has 5 N–H and O–H groups in total. The summed E-state index contributed by atoms with van der Waals surface area (Å²) in [6.45, 7) is 8.73. The largest absolute Gasteiger partial charge is 0.494 e. The van der Waals surface area contributed by atoms with Crippen LogP contribution in [0.5, 0.6) is 11.5 Å². The Bertz CT molecular complexity index is 2230. The third-order valence-electron chi connectivity index (χ3n) is 10.7. The van der Waals surface area contributed by atoms with E-state index in [4.69, 9.17) is 14.2 Å². The van der Waals surface area contributed by atoms with E-state index in [1.165, 1.54) is 12.0 Å². The van der Waals surface area contributed by atoms with Crippen molar-refractivity contribution in [1.29, 1.82) is 5.26 Å². The van der Waals surface area contributed by atoms with E-state index < -0.39 is 41.3 Å². The Morgan fingerprint density at radius 1 is 1.05 bits per heavy atom. The van der Waals surface area contributed by atoms with Crippen LogP contribution >= 0.6 is 0 Å². The molecule has 4 amide bonds. The van der Waals surface area contributed by atoms with Crippen LogP contribution in [0.1, 0.15) is 68.6 Å². The van der Waals surface area contributed by atoms with Crippen LogP contribution in [0, 0.1) is 16.7 Å².